The Morgan fingerprint density at radius 1 is 1.22 bits per heavy atom. The molecule has 0 aromatic heterocycles. The van der Waals surface area contributed by atoms with Crippen molar-refractivity contribution in [2.75, 3.05) is 12.4 Å². The number of hydrogen-bond acceptors (Lipinski definition) is 2. The molecular weight excluding hydrogens is 249 g/mol. The summed E-state index contributed by atoms with van der Waals surface area (Å²) in [6.07, 6.45) is -4.96. The summed E-state index contributed by atoms with van der Waals surface area (Å²) < 4.78 is 36.3. The van der Waals surface area contributed by atoms with Crippen molar-refractivity contribution in [3.8, 4) is 0 Å². The van der Waals surface area contributed by atoms with Gasteiger partial charge in [0.15, 0.2) is 0 Å². The van der Waals surface area contributed by atoms with E-state index in [2.05, 4.69) is 5.32 Å². The van der Waals surface area contributed by atoms with Crippen LogP contribution in [0.15, 0.2) is 18.2 Å². The van der Waals surface area contributed by atoms with E-state index in [0.717, 1.165) is 0 Å². The molecule has 0 aliphatic carbocycles. The van der Waals surface area contributed by atoms with Crippen molar-refractivity contribution in [1.82, 2.24) is 5.32 Å². The van der Waals surface area contributed by atoms with Crippen molar-refractivity contribution in [1.29, 1.82) is 0 Å². The third-order valence-electron chi connectivity index (χ3n) is 2.23. The third-order valence-corrected chi connectivity index (χ3v) is 2.23. The Morgan fingerprint density at radius 3 is 2.33 bits per heavy atom. The van der Waals surface area contributed by atoms with Crippen molar-refractivity contribution in [3.05, 3.63) is 29.3 Å². The number of anilines is 1. The highest BCUT2D eigenvalue weighted by molar-refractivity contribution is 5.99. The Morgan fingerprint density at radius 2 is 1.83 bits per heavy atom. The van der Waals surface area contributed by atoms with Crippen molar-refractivity contribution < 1.29 is 22.8 Å². The molecule has 4 nitrogen and oxygen atoms in total. The summed E-state index contributed by atoms with van der Waals surface area (Å²) in [6.45, 7) is 1.53. The van der Waals surface area contributed by atoms with Gasteiger partial charge in [-0.1, -0.05) is 6.07 Å². The van der Waals surface area contributed by atoms with Crippen LogP contribution in [0.2, 0.25) is 0 Å². The predicted molar refractivity (Wildman–Crippen MR) is 59.3 cm³/mol. The molecule has 0 atom stereocenters. The first-order valence-electron chi connectivity index (χ1n) is 4.96. The van der Waals surface area contributed by atoms with Crippen molar-refractivity contribution in [3.63, 3.8) is 0 Å². The molecule has 2 N–H and O–H groups in total. The molecule has 0 spiro atoms. The topological polar surface area (TPSA) is 58.2 Å². The number of alkyl halides is 3. The lowest BCUT2D eigenvalue weighted by molar-refractivity contribution is -0.167. The smallest absolute Gasteiger partial charge is 0.355 e. The molecule has 0 aliphatic rings. The Hall–Kier alpha value is -2.05. The standard InChI is InChI=1S/C11H11F3N2O2/c1-6-3-4-7(9(17)15-2)5-8(6)16-10(18)11(12,13)14/h3-5H,1-2H3,(H,15,17)(H,16,18). The molecule has 2 amide bonds. The minimum Gasteiger partial charge on any atom is -0.355 e. The molecule has 0 unspecified atom stereocenters. The molecule has 0 fully saturated rings. The molecule has 98 valence electrons. The molecule has 0 saturated carbocycles. The van der Waals surface area contributed by atoms with Crippen LogP contribution in [-0.2, 0) is 4.79 Å². The molecule has 1 aromatic carbocycles. The van der Waals surface area contributed by atoms with E-state index in [4.69, 9.17) is 0 Å². The van der Waals surface area contributed by atoms with Crippen LogP contribution in [0, 0.1) is 6.92 Å². The molecule has 0 aliphatic heterocycles. The first-order chi connectivity index (χ1) is 8.25. The quantitative estimate of drug-likeness (QED) is 0.852. The molecule has 1 aromatic rings. The average Bonchev–Trinajstić information content (AvgIpc) is 2.29. The van der Waals surface area contributed by atoms with Gasteiger partial charge in [-0.15, -0.1) is 0 Å². The number of hydrogen-bond donors (Lipinski definition) is 2. The van der Waals surface area contributed by atoms with Gasteiger partial charge in [-0.3, -0.25) is 9.59 Å². The zero-order valence-corrected chi connectivity index (χ0v) is 9.68. The third kappa shape index (κ3) is 3.22. The normalized spacial score (nSPS) is 10.9. The van der Waals surface area contributed by atoms with Gasteiger partial charge in [0.25, 0.3) is 5.91 Å². The first-order valence-corrected chi connectivity index (χ1v) is 4.96. The summed E-state index contributed by atoms with van der Waals surface area (Å²) in [5, 5.41) is 4.06. The minimum absolute atomic E-state index is 0.0431. The van der Waals surface area contributed by atoms with Gasteiger partial charge in [0, 0.05) is 18.3 Å². The van der Waals surface area contributed by atoms with Crippen molar-refractivity contribution in [2.45, 2.75) is 13.1 Å². The summed E-state index contributed by atoms with van der Waals surface area (Å²) in [5.41, 5.74) is 0.555. The average molecular weight is 260 g/mol. The molecule has 7 heteroatoms. The fraction of sp³-hybridized carbons (Fsp3) is 0.273. The fourth-order valence-corrected chi connectivity index (χ4v) is 1.24. The molecule has 1 rings (SSSR count). The summed E-state index contributed by atoms with van der Waals surface area (Å²) in [7, 11) is 1.40. The van der Waals surface area contributed by atoms with Gasteiger partial charge in [0.05, 0.1) is 0 Å². The van der Waals surface area contributed by atoms with E-state index in [1.165, 1.54) is 32.2 Å². The van der Waals surface area contributed by atoms with E-state index in [-0.39, 0.29) is 11.3 Å². The molecule has 18 heavy (non-hydrogen) atoms. The fourth-order valence-electron chi connectivity index (χ4n) is 1.24. The Balaban J connectivity index is 3.02. The summed E-state index contributed by atoms with van der Waals surface area (Å²) >= 11 is 0. The molecule has 0 heterocycles. The van der Waals surface area contributed by atoms with E-state index in [1.807, 2.05) is 0 Å². The van der Waals surface area contributed by atoms with Crippen LogP contribution >= 0.6 is 0 Å². The van der Waals surface area contributed by atoms with Gasteiger partial charge in [-0.25, -0.2) is 0 Å². The monoisotopic (exact) mass is 260 g/mol. The van der Waals surface area contributed by atoms with Crippen LogP contribution in [0.3, 0.4) is 0 Å². The Labute approximate surface area is 101 Å². The second kappa shape index (κ2) is 5.07. The maximum absolute atomic E-state index is 12.1. The number of carbonyl (C=O) groups excluding carboxylic acids is 2. The van der Waals surface area contributed by atoms with Gasteiger partial charge in [-0.2, -0.15) is 13.2 Å². The highest BCUT2D eigenvalue weighted by Crippen LogP contribution is 2.21. The van der Waals surface area contributed by atoms with Crippen LogP contribution in [0.1, 0.15) is 15.9 Å². The van der Waals surface area contributed by atoms with Gasteiger partial charge in [0.2, 0.25) is 0 Å². The van der Waals surface area contributed by atoms with Gasteiger partial charge in [0.1, 0.15) is 0 Å². The zero-order valence-electron chi connectivity index (χ0n) is 9.68. The van der Waals surface area contributed by atoms with E-state index in [0.29, 0.717) is 5.56 Å². The van der Waals surface area contributed by atoms with Crippen LogP contribution in [0.4, 0.5) is 18.9 Å². The second-order valence-corrected chi connectivity index (χ2v) is 3.56. The lowest BCUT2D eigenvalue weighted by atomic mass is 10.1. The zero-order chi connectivity index (χ0) is 13.9. The number of aryl methyl sites for hydroxylation is 1. The highest BCUT2D eigenvalue weighted by Gasteiger charge is 2.38. The van der Waals surface area contributed by atoms with E-state index in [9.17, 15) is 22.8 Å². The Bertz CT molecular complexity index is 484. The van der Waals surface area contributed by atoms with Crippen molar-refractivity contribution >= 4 is 17.5 Å². The van der Waals surface area contributed by atoms with Gasteiger partial charge >= 0.3 is 12.1 Å². The molecular formula is C11H11F3N2O2. The number of nitrogens with one attached hydrogen (secondary N) is 2. The van der Waals surface area contributed by atoms with Crippen LogP contribution in [-0.4, -0.2) is 25.0 Å². The number of amides is 2. The molecule has 0 saturated heterocycles. The van der Waals surface area contributed by atoms with E-state index < -0.39 is 18.0 Å². The summed E-state index contributed by atoms with van der Waals surface area (Å²) in [5.74, 6) is -2.52. The highest BCUT2D eigenvalue weighted by atomic mass is 19.4. The summed E-state index contributed by atoms with van der Waals surface area (Å²) in [4.78, 5) is 22.1. The molecule has 0 radical (unpaired) electrons. The minimum atomic E-state index is -4.96. The predicted octanol–water partition coefficient (Wildman–Crippen LogP) is 1.86. The number of benzene rings is 1. The van der Waals surface area contributed by atoms with Gasteiger partial charge < -0.3 is 10.6 Å². The van der Waals surface area contributed by atoms with Crippen LogP contribution in [0.25, 0.3) is 0 Å². The van der Waals surface area contributed by atoms with Crippen molar-refractivity contribution in [2.24, 2.45) is 0 Å². The first kappa shape index (κ1) is 14.0. The van der Waals surface area contributed by atoms with Crippen LogP contribution < -0.4 is 10.6 Å². The van der Waals surface area contributed by atoms with Gasteiger partial charge in [-0.05, 0) is 24.6 Å². The SMILES string of the molecule is CNC(=O)c1ccc(C)c(NC(=O)C(F)(F)F)c1. The second-order valence-electron chi connectivity index (χ2n) is 3.56. The van der Waals surface area contributed by atoms with Crippen LogP contribution in [0.5, 0.6) is 0 Å². The number of rotatable bonds is 2. The molecule has 0 bridgehead atoms. The Kier molecular flexibility index (Phi) is 3.95. The number of carbonyl (C=O) groups is 2. The van der Waals surface area contributed by atoms with E-state index >= 15 is 0 Å². The van der Waals surface area contributed by atoms with E-state index in [1.54, 1.807) is 5.32 Å². The lowest BCUT2D eigenvalue weighted by Gasteiger charge is -2.11. The number of halogens is 3. The summed E-state index contributed by atoms with van der Waals surface area (Å²) in [6, 6.07) is 4.10. The maximum atomic E-state index is 12.1. The lowest BCUT2D eigenvalue weighted by Crippen LogP contribution is -2.30. The maximum Gasteiger partial charge on any atom is 0.471 e. The largest absolute Gasteiger partial charge is 0.471 e.